The van der Waals surface area contributed by atoms with Gasteiger partial charge in [-0.1, -0.05) is 12.1 Å². The van der Waals surface area contributed by atoms with Crippen molar-refractivity contribution >= 4 is 22.8 Å². The van der Waals surface area contributed by atoms with Crippen molar-refractivity contribution in [1.82, 2.24) is 5.32 Å². The fourth-order valence-electron chi connectivity index (χ4n) is 2.63. The number of rotatable bonds is 2. The van der Waals surface area contributed by atoms with Crippen LogP contribution in [0.1, 0.15) is 29.6 Å². The van der Waals surface area contributed by atoms with Gasteiger partial charge in [-0.05, 0) is 25.3 Å². The van der Waals surface area contributed by atoms with Crippen LogP contribution in [0.15, 0.2) is 28.7 Å². The van der Waals surface area contributed by atoms with E-state index in [9.17, 15) is 4.79 Å². The highest BCUT2D eigenvalue weighted by Gasteiger charge is 2.18. The Bertz CT molecular complexity index is 597. The van der Waals surface area contributed by atoms with Crippen molar-refractivity contribution in [2.24, 2.45) is 0 Å². The molecule has 0 aliphatic carbocycles. The molecule has 1 aromatic heterocycles. The molecule has 0 unspecified atom stereocenters. The van der Waals surface area contributed by atoms with Crippen LogP contribution < -0.4 is 10.2 Å². The smallest absolute Gasteiger partial charge is 0.254 e. The maximum absolute atomic E-state index is 11.8. The monoisotopic (exact) mass is 258 g/mol. The average molecular weight is 258 g/mol. The van der Waals surface area contributed by atoms with Gasteiger partial charge < -0.3 is 14.6 Å². The van der Waals surface area contributed by atoms with E-state index in [0.29, 0.717) is 11.1 Å². The highest BCUT2D eigenvalue weighted by Crippen LogP contribution is 2.30. The highest BCUT2D eigenvalue weighted by atomic mass is 16.4. The van der Waals surface area contributed by atoms with Crippen LogP contribution in [0, 0.1) is 0 Å². The van der Waals surface area contributed by atoms with Gasteiger partial charge in [-0.25, -0.2) is 0 Å². The third-order valence-electron chi connectivity index (χ3n) is 3.67. The number of hydrogen-bond donors (Lipinski definition) is 1. The van der Waals surface area contributed by atoms with E-state index in [0.717, 1.165) is 24.4 Å². The van der Waals surface area contributed by atoms with Gasteiger partial charge in [0.05, 0.1) is 5.56 Å². The summed E-state index contributed by atoms with van der Waals surface area (Å²) in [6.07, 6.45) is 3.71. The lowest BCUT2D eigenvalue weighted by molar-refractivity contribution is 0.0964. The van der Waals surface area contributed by atoms with Crippen LogP contribution in [-0.2, 0) is 0 Å². The lowest BCUT2D eigenvalue weighted by Gasteiger charge is -2.25. The van der Waals surface area contributed by atoms with Crippen LogP contribution in [0.5, 0.6) is 0 Å². The van der Waals surface area contributed by atoms with Crippen molar-refractivity contribution in [3.05, 3.63) is 29.8 Å². The number of amides is 1. The molecule has 0 saturated carbocycles. The molecule has 1 aliphatic heterocycles. The van der Waals surface area contributed by atoms with Crippen molar-refractivity contribution in [2.75, 3.05) is 25.0 Å². The zero-order chi connectivity index (χ0) is 13.2. The molecule has 1 saturated heterocycles. The van der Waals surface area contributed by atoms with Gasteiger partial charge in [0.25, 0.3) is 5.91 Å². The van der Waals surface area contributed by atoms with Crippen molar-refractivity contribution in [1.29, 1.82) is 0 Å². The van der Waals surface area contributed by atoms with Crippen molar-refractivity contribution in [2.45, 2.75) is 19.3 Å². The number of nitrogens with one attached hydrogen (secondary N) is 1. The van der Waals surface area contributed by atoms with Gasteiger partial charge in [0.15, 0.2) is 5.88 Å². The Kier molecular flexibility index (Phi) is 3.15. The minimum absolute atomic E-state index is 0.106. The molecule has 0 atom stereocenters. The fourth-order valence-corrected chi connectivity index (χ4v) is 2.63. The number of hydrogen-bond acceptors (Lipinski definition) is 3. The highest BCUT2D eigenvalue weighted by molar-refractivity contribution is 6.05. The van der Waals surface area contributed by atoms with Gasteiger partial charge in [-0.15, -0.1) is 0 Å². The number of furan rings is 1. The molecule has 100 valence electrons. The molecular formula is C15H18N2O2. The van der Waals surface area contributed by atoms with Crippen LogP contribution in [0.2, 0.25) is 0 Å². The Labute approximate surface area is 112 Å². The van der Waals surface area contributed by atoms with E-state index in [1.165, 1.54) is 19.3 Å². The summed E-state index contributed by atoms with van der Waals surface area (Å²) < 4.78 is 5.93. The number of benzene rings is 1. The van der Waals surface area contributed by atoms with Gasteiger partial charge in [0, 0.05) is 31.6 Å². The number of nitrogens with zero attached hydrogens (tertiary/aromatic N) is 1. The molecule has 1 aromatic carbocycles. The van der Waals surface area contributed by atoms with Crippen LogP contribution in [0.3, 0.4) is 0 Å². The Balaban J connectivity index is 2.02. The molecule has 1 aliphatic rings. The molecule has 19 heavy (non-hydrogen) atoms. The van der Waals surface area contributed by atoms with E-state index >= 15 is 0 Å². The second-order valence-corrected chi connectivity index (χ2v) is 4.94. The summed E-state index contributed by atoms with van der Waals surface area (Å²) in [5.41, 5.74) is 1.28. The van der Waals surface area contributed by atoms with E-state index in [-0.39, 0.29) is 5.91 Å². The molecule has 4 heteroatoms. The molecule has 0 bridgehead atoms. The number of fused-ring (bicyclic) bond motifs is 1. The average Bonchev–Trinajstić information content (AvgIpc) is 2.91. The van der Waals surface area contributed by atoms with E-state index < -0.39 is 0 Å². The Morgan fingerprint density at radius 2 is 2.05 bits per heavy atom. The van der Waals surface area contributed by atoms with Crippen molar-refractivity contribution in [3.63, 3.8) is 0 Å². The van der Waals surface area contributed by atoms with Gasteiger partial charge in [-0.2, -0.15) is 0 Å². The van der Waals surface area contributed by atoms with E-state index in [2.05, 4.69) is 10.2 Å². The summed E-state index contributed by atoms with van der Waals surface area (Å²) in [6.45, 7) is 2.07. The molecular weight excluding hydrogens is 240 g/mol. The van der Waals surface area contributed by atoms with Crippen LogP contribution in [0.25, 0.3) is 11.0 Å². The molecule has 1 amide bonds. The first-order valence-corrected chi connectivity index (χ1v) is 6.79. The van der Waals surface area contributed by atoms with E-state index in [4.69, 9.17) is 4.42 Å². The van der Waals surface area contributed by atoms with Crippen LogP contribution in [-0.4, -0.2) is 26.0 Å². The second-order valence-electron chi connectivity index (χ2n) is 4.94. The molecule has 3 rings (SSSR count). The summed E-state index contributed by atoms with van der Waals surface area (Å²) in [6, 6.07) is 7.71. The van der Waals surface area contributed by atoms with Gasteiger partial charge in [0.2, 0.25) is 0 Å². The number of carbonyl (C=O) groups excluding carboxylic acids is 1. The maximum atomic E-state index is 11.8. The van der Waals surface area contributed by atoms with Crippen molar-refractivity contribution < 1.29 is 9.21 Å². The van der Waals surface area contributed by atoms with Gasteiger partial charge >= 0.3 is 0 Å². The first-order valence-electron chi connectivity index (χ1n) is 6.79. The molecule has 1 fully saturated rings. The fraction of sp³-hybridized carbons (Fsp3) is 0.400. The zero-order valence-electron chi connectivity index (χ0n) is 11.1. The third kappa shape index (κ3) is 2.18. The first kappa shape index (κ1) is 12.1. The zero-order valence-corrected chi connectivity index (χ0v) is 11.1. The van der Waals surface area contributed by atoms with Crippen molar-refractivity contribution in [3.8, 4) is 0 Å². The second kappa shape index (κ2) is 4.96. The molecule has 2 heterocycles. The van der Waals surface area contributed by atoms with E-state index in [1.807, 2.05) is 18.2 Å². The number of anilines is 1. The lowest BCUT2D eigenvalue weighted by Crippen LogP contribution is -2.28. The van der Waals surface area contributed by atoms with Gasteiger partial charge in [-0.3, -0.25) is 4.79 Å². The topological polar surface area (TPSA) is 45.5 Å². The summed E-state index contributed by atoms with van der Waals surface area (Å²) in [4.78, 5) is 14.1. The minimum Gasteiger partial charge on any atom is -0.440 e. The quantitative estimate of drug-likeness (QED) is 0.901. The van der Waals surface area contributed by atoms with Crippen LogP contribution >= 0.6 is 0 Å². The molecule has 0 radical (unpaired) electrons. The number of carbonyl (C=O) groups is 1. The molecule has 4 nitrogen and oxygen atoms in total. The van der Waals surface area contributed by atoms with E-state index in [1.54, 1.807) is 13.1 Å². The summed E-state index contributed by atoms with van der Waals surface area (Å²) in [5.74, 6) is 0.774. The number of piperidine rings is 1. The summed E-state index contributed by atoms with van der Waals surface area (Å²) in [7, 11) is 1.63. The minimum atomic E-state index is -0.106. The van der Waals surface area contributed by atoms with Gasteiger partial charge in [0.1, 0.15) is 5.58 Å². The first-order chi connectivity index (χ1) is 9.29. The SMILES string of the molecule is CNC(=O)c1cccc2cc(N3CCCCC3)oc12. The summed E-state index contributed by atoms with van der Waals surface area (Å²) in [5, 5.41) is 3.64. The largest absolute Gasteiger partial charge is 0.440 e. The summed E-state index contributed by atoms with van der Waals surface area (Å²) >= 11 is 0. The maximum Gasteiger partial charge on any atom is 0.254 e. The normalized spacial score (nSPS) is 15.7. The Hall–Kier alpha value is -1.97. The predicted octanol–water partition coefficient (Wildman–Crippen LogP) is 2.78. The Morgan fingerprint density at radius 1 is 1.26 bits per heavy atom. The van der Waals surface area contributed by atoms with Crippen LogP contribution in [0.4, 0.5) is 5.88 Å². The third-order valence-corrected chi connectivity index (χ3v) is 3.67. The molecule has 2 aromatic rings. The molecule has 1 N–H and O–H groups in total. The Morgan fingerprint density at radius 3 is 2.79 bits per heavy atom. The predicted molar refractivity (Wildman–Crippen MR) is 75.7 cm³/mol. The standard InChI is InChI=1S/C15H18N2O2/c1-16-15(18)12-7-5-6-11-10-13(19-14(11)12)17-8-3-2-4-9-17/h5-7,10H,2-4,8-9H2,1H3,(H,16,18). The number of para-hydroxylation sites is 1. The lowest BCUT2D eigenvalue weighted by atomic mass is 10.1. The molecule has 0 spiro atoms.